The highest BCUT2D eigenvalue weighted by Crippen LogP contribution is 2.20. The highest BCUT2D eigenvalue weighted by molar-refractivity contribution is 7.09. The topological polar surface area (TPSA) is 38.5 Å². The summed E-state index contributed by atoms with van der Waals surface area (Å²) in [6.45, 7) is 2.18. The number of thiophene rings is 1. The van der Waals surface area contributed by atoms with Gasteiger partial charge in [0.2, 0.25) is 0 Å². The lowest BCUT2D eigenvalue weighted by molar-refractivity contribution is 0.321. The molecule has 0 aliphatic heterocycles. The number of hydrogen-bond acceptors (Lipinski definition) is 4. The predicted molar refractivity (Wildman–Crippen MR) is 88.4 cm³/mol. The first-order valence-electron chi connectivity index (χ1n) is 6.79. The number of benzene rings is 1. The van der Waals surface area contributed by atoms with E-state index in [0.717, 1.165) is 24.4 Å². The van der Waals surface area contributed by atoms with E-state index in [2.05, 4.69) is 53.4 Å². The molecule has 0 unspecified atom stereocenters. The van der Waals surface area contributed by atoms with E-state index in [1.165, 1.54) is 10.4 Å². The minimum absolute atomic E-state index is 0.353. The van der Waals surface area contributed by atoms with E-state index < -0.39 is 0 Å². The molecule has 3 nitrogen and oxygen atoms in total. The lowest BCUT2D eigenvalue weighted by Gasteiger charge is -2.16. The number of hydrogen-bond donors (Lipinski definition) is 1. The molecule has 21 heavy (non-hydrogen) atoms. The van der Waals surface area contributed by atoms with E-state index in [-0.39, 0.29) is 0 Å². The fourth-order valence-electron chi connectivity index (χ4n) is 2.13. The van der Waals surface area contributed by atoms with Crippen LogP contribution in [0.3, 0.4) is 0 Å². The second kappa shape index (κ2) is 7.84. The fourth-order valence-corrected chi connectivity index (χ4v) is 2.92. The quantitative estimate of drug-likeness (QED) is 0.863. The van der Waals surface area contributed by atoms with Crippen molar-refractivity contribution in [3.8, 4) is 17.6 Å². The first-order chi connectivity index (χ1) is 10.2. The predicted octanol–water partition coefficient (Wildman–Crippen LogP) is 2.70. The second-order valence-corrected chi connectivity index (χ2v) is 5.82. The monoisotopic (exact) mass is 300 g/mol. The molecule has 0 saturated heterocycles. The Morgan fingerprint density at radius 3 is 2.81 bits per heavy atom. The van der Waals surface area contributed by atoms with Crippen molar-refractivity contribution in [2.75, 3.05) is 20.7 Å². The Kier molecular flexibility index (Phi) is 5.82. The van der Waals surface area contributed by atoms with Gasteiger partial charge >= 0.3 is 0 Å². The van der Waals surface area contributed by atoms with Crippen LogP contribution in [0.5, 0.6) is 5.75 Å². The highest BCUT2D eigenvalue weighted by atomic mass is 32.1. The number of nitrogens with zero attached hydrogens (tertiary/aromatic N) is 1. The Bertz CT molecular complexity index is 626. The van der Waals surface area contributed by atoms with E-state index in [0.29, 0.717) is 6.54 Å². The van der Waals surface area contributed by atoms with Crippen molar-refractivity contribution >= 4 is 11.3 Å². The molecule has 0 aliphatic carbocycles. The minimum Gasteiger partial charge on any atom is -0.495 e. The van der Waals surface area contributed by atoms with Crippen LogP contribution >= 0.6 is 11.3 Å². The third kappa shape index (κ3) is 4.61. The molecule has 0 spiro atoms. The van der Waals surface area contributed by atoms with Gasteiger partial charge in [0.1, 0.15) is 5.75 Å². The van der Waals surface area contributed by atoms with Crippen molar-refractivity contribution in [2.24, 2.45) is 5.73 Å². The molecule has 2 aromatic rings. The first-order valence-corrected chi connectivity index (χ1v) is 7.67. The molecule has 1 aromatic heterocycles. The van der Waals surface area contributed by atoms with Gasteiger partial charge in [-0.3, -0.25) is 4.90 Å². The van der Waals surface area contributed by atoms with Crippen molar-refractivity contribution in [3.05, 3.63) is 51.7 Å². The van der Waals surface area contributed by atoms with Gasteiger partial charge in [0, 0.05) is 18.0 Å². The molecule has 2 rings (SSSR count). The second-order valence-electron chi connectivity index (χ2n) is 4.79. The third-order valence-electron chi connectivity index (χ3n) is 3.05. The molecule has 2 N–H and O–H groups in total. The average Bonchev–Trinajstić information content (AvgIpc) is 2.98. The molecular formula is C17H20N2OS. The van der Waals surface area contributed by atoms with Crippen molar-refractivity contribution < 1.29 is 4.74 Å². The van der Waals surface area contributed by atoms with E-state index in [1.54, 1.807) is 18.4 Å². The summed E-state index contributed by atoms with van der Waals surface area (Å²) < 4.78 is 5.33. The van der Waals surface area contributed by atoms with E-state index in [1.807, 2.05) is 6.07 Å². The van der Waals surface area contributed by atoms with Gasteiger partial charge in [0.15, 0.2) is 0 Å². The number of methoxy groups -OCH3 is 1. The Morgan fingerprint density at radius 2 is 2.14 bits per heavy atom. The fraction of sp³-hybridized carbons (Fsp3) is 0.294. The third-order valence-corrected chi connectivity index (χ3v) is 3.91. The summed E-state index contributed by atoms with van der Waals surface area (Å²) in [5, 5.41) is 2.11. The van der Waals surface area contributed by atoms with Crippen molar-refractivity contribution in [2.45, 2.75) is 13.1 Å². The Balaban J connectivity index is 2.09. The summed E-state index contributed by atoms with van der Waals surface area (Å²) in [4.78, 5) is 3.66. The van der Waals surface area contributed by atoms with Gasteiger partial charge in [-0.05, 0) is 36.2 Å². The summed E-state index contributed by atoms with van der Waals surface area (Å²) in [6.07, 6.45) is 0. The van der Waals surface area contributed by atoms with Crippen LogP contribution in [0.4, 0.5) is 0 Å². The lowest BCUT2D eigenvalue weighted by atomic mass is 10.1. The number of rotatable bonds is 5. The maximum atomic E-state index is 5.44. The van der Waals surface area contributed by atoms with Crippen LogP contribution in [0.25, 0.3) is 0 Å². The van der Waals surface area contributed by atoms with E-state index >= 15 is 0 Å². The van der Waals surface area contributed by atoms with Crippen LogP contribution in [0, 0.1) is 11.8 Å². The van der Waals surface area contributed by atoms with Crippen LogP contribution in [-0.2, 0) is 13.1 Å². The van der Waals surface area contributed by atoms with Gasteiger partial charge in [0.05, 0.1) is 19.2 Å². The molecule has 110 valence electrons. The zero-order valence-corrected chi connectivity index (χ0v) is 13.2. The molecule has 0 amide bonds. The van der Waals surface area contributed by atoms with Crippen LogP contribution in [0.1, 0.15) is 16.0 Å². The average molecular weight is 300 g/mol. The van der Waals surface area contributed by atoms with Crippen LogP contribution in [-0.4, -0.2) is 25.6 Å². The normalized spacial score (nSPS) is 10.3. The van der Waals surface area contributed by atoms with Crippen LogP contribution in [0.15, 0.2) is 35.7 Å². The van der Waals surface area contributed by atoms with Gasteiger partial charge in [-0.2, -0.15) is 0 Å². The SMILES string of the molecule is COc1ccc(CN(C)Cc2cccs2)cc1C#CCN. The maximum Gasteiger partial charge on any atom is 0.134 e. The van der Waals surface area contributed by atoms with E-state index in [4.69, 9.17) is 10.5 Å². The van der Waals surface area contributed by atoms with Crippen LogP contribution in [0.2, 0.25) is 0 Å². The van der Waals surface area contributed by atoms with Gasteiger partial charge in [-0.15, -0.1) is 11.3 Å². The molecular weight excluding hydrogens is 280 g/mol. The standard InChI is InChI=1S/C17H20N2OS/c1-19(13-16-6-4-10-21-16)12-14-7-8-17(20-2)15(11-14)5-3-9-18/h4,6-8,10-11H,9,12-13,18H2,1-2H3. The number of ether oxygens (including phenoxy) is 1. The molecule has 0 radical (unpaired) electrons. The van der Waals surface area contributed by atoms with Gasteiger partial charge in [-0.25, -0.2) is 0 Å². The summed E-state index contributed by atoms with van der Waals surface area (Å²) in [5.74, 6) is 6.74. The largest absolute Gasteiger partial charge is 0.495 e. The molecule has 0 atom stereocenters. The van der Waals surface area contributed by atoms with Crippen LogP contribution < -0.4 is 10.5 Å². The van der Waals surface area contributed by atoms with Gasteiger partial charge in [-0.1, -0.05) is 24.0 Å². The Morgan fingerprint density at radius 1 is 1.29 bits per heavy atom. The molecule has 0 fully saturated rings. The molecule has 0 saturated carbocycles. The molecule has 4 heteroatoms. The van der Waals surface area contributed by atoms with Gasteiger partial charge < -0.3 is 10.5 Å². The van der Waals surface area contributed by atoms with Crippen molar-refractivity contribution in [1.82, 2.24) is 4.90 Å². The highest BCUT2D eigenvalue weighted by Gasteiger charge is 2.06. The Labute approximate surface area is 130 Å². The molecule has 0 bridgehead atoms. The summed E-state index contributed by atoms with van der Waals surface area (Å²) in [6, 6.07) is 10.4. The van der Waals surface area contributed by atoms with Gasteiger partial charge in [0.25, 0.3) is 0 Å². The summed E-state index contributed by atoms with van der Waals surface area (Å²) in [7, 11) is 3.78. The first kappa shape index (κ1) is 15.6. The molecule has 1 aromatic carbocycles. The maximum absolute atomic E-state index is 5.44. The zero-order chi connectivity index (χ0) is 15.1. The van der Waals surface area contributed by atoms with Crippen molar-refractivity contribution in [1.29, 1.82) is 0 Å². The number of nitrogens with two attached hydrogens (primary N) is 1. The molecule has 0 aliphatic rings. The van der Waals surface area contributed by atoms with Crippen molar-refractivity contribution in [3.63, 3.8) is 0 Å². The molecule has 1 heterocycles. The minimum atomic E-state index is 0.353. The lowest BCUT2D eigenvalue weighted by Crippen LogP contribution is -2.16. The Hall–Kier alpha value is -1.80. The van der Waals surface area contributed by atoms with E-state index in [9.17, 15) is 0 Å². The smallest absolute Gasteiger partial charge is 0.134 e. The zero-order valence-electron chi connectivity index (χ0n) is 12.4. The summed E-state index contributed by atoms with van der Waals surface area (Å²) in [5.41, 5.74) is 7.55. The summed E-state index contributed by atoms with van der Waals surface area (Å²) >= 11 is 1.78.